The maximum absolute atomic E-state index is 12.1. The molecule has 1 amide bonds. The average molecular weight is 329 g/mol. The molecule has 3 aromatic rings. The van der Waals surface area contributed by atoms with Gasteiger partial charge in [0.25, 0.3) is 0 Å². The number of hydrogen-bond donors (Lipinski definition) is 1. The highest BCUT2D eigenvalue weighted by Crippen LogP contribution is 2.24. The lowest BCUT2D eigenvalue weighted by Crippen LogP contribution is -2.14. The van der Waals surface area contributed by atoms with E-state index in [4.69, 9.17) is 0 Å². The van der Waals surface area contributed by atoms with Gasteiger partial charge in [0, 0.05) is 15.8 Å². The van der Waals surface area contributed by atoms with Crippen molar-refractivity contribution in [3.63, 3.8) is 0 Å². The van der Waals surface area contributed by atoms with E-state index in [-0.39, 0.29) is 12.3 Å². The van der Waals surface area contributed by atoms with Gasteiger partial charge in [0.2, 0.25) is 5.91 Å². The predicted octanol–water partition coefficient (Wildman–Crippen LogP) is 4.06. The van der Waals surface area contributed by atoms with Gasteiger partial charge < -0.3 is 5.32 Å². The van der Waals surface area contributed by atoms with Gasteiger partial charge in [0.15, 0.2) is 5.13 Å². The van der Waals surface area contributed by atoms with Crippen molar-refractivity contribution < 1.29 is 4.79 Å². The Balaban J connectivity index is 1.66. The summed E-state index contributed by atoms with van der Waals surface area (Å²) in [6.07, 6.45) is 0.265. The van der Waals surface area contributed by atoms with E-state index in [1.807, 2.05) is 49.6 Å². The van der Waals surface area contributed by atoms with Crippen molar-refractivity contribution in [1.29, 1.82) is 0 Å². The molecule has 0 saturated carbocycles. The van der Waals surface area contributed by atoms with Gasteiger partial charge in [-0.15, -0.1) is 22.7 Å². The third-order valence-electron chi connectivity index (χ3n) is 3.19. The van der Waals surface area contributed by atoms with Crippen LogP contribution < -0.4 is 5.32 Å². The van der Waals surface area contributed by atoms with Crippen LogP contribution in [0.4, 0.5) is 5.13 Å². The van der Waals surface area contributed by atoms with Crippen molar-refractivity contribution in [3.8, 4) is 10.6 Å². The van der Waals surface area contributed by atoms with Gasteiger partial charge in [-0.1, -0.05) is 30.3 Å². The van der Waals surface area contributed by atoms with Crippen LogP contribution in [0.1, 0.15) is 16.3 Å². The van der Waals surface area contributed by atoms with Crippen LogP contribution in [0.3, 0.4) is 0 Å². The number of anilines is 1. The first kappa shape index (κ1) is 14.9. The molecule has 112 valence electrons. The number of thiazole rings is 2. The van der Waals surface area contributed by atoms with E-state index in [2.05, 4.69) is 15.3 Å². The monoisotopic (exact) mass is 329 g/mol. The molecule has 0 aliphatic heterocycles. The van der Waals surface area contributed by atoms with Crippen LogP contribution in [0.5, 0.6) is 0 Å². The number of nitrogens with one attached hydrogen (secondary N) is 1. The Bertz CT molecular complexity index is 773. The molecule has 0 atom stereocenters. The maximum Gasteiger partial charge on any atom is 0.232 e. The van der Waals surface area contributed by atoms with Gasteiger partial charge in [0.1, 0.15) is 5.01 Å². The molecule has 0 bridgehead atoms. The minimum absolute atomic E-state index is 0.0846. The fourth-order valence-electron chi connectivity index (χ4n) is 1.96. The number of carbonyl (C=O) groups excluding carboxylic acids is 1. The van der Waals surface area contributed by atoms with Crippen molar-refractivity contribution >= 4 is 33.7 Å². The Kier molecular flexibility index (Phi) is 4.31. The molecule has 0 aliphatic rings. The lowest BCUT2D eigenvalue weighted by Gasteiger charge is -1.99. The summed E-state index contributed by atoms with van der Waals surface area (Å²) in [4.78, 5) is 22.0. The van der Waals surface area contributed by atoms with Crippen LogP contribution in [0.2, 0.25) is 0 Å². The second-order valence-electron chi connectivity index (χ2n) is 4.90. The molecule has 0 saturated heterocycles. The summed E-state index contributed by atoms with van der Waals surface area (Å²) in [7, 11) is 0. The lowest BCUT2D eigenvalue weighted by molar-refractivity contribution is -0.115. The van der Waals surface area contributed by atoms with E-state index in [1.165, 1.54) is 11.3 Å². The third-order valence-corrected chi connectivity index (χ3v) is 5.12. The van der Waals surface area contributed by atoms with Crippen molar-refractivity contribution in [2.24, 2.45) is 0 Å². The molecule has 0 unspecified atom stereocenters. The molecule has 0 aliphatic carbocycles. The summed E-state index contributed by atoms with van der Waals surface area (Å²) < 4.78 is 0. The molecule has 0 radical (unpaired) electrons. The van der Waals surface area contributed by atoms with E-state index in [9.17, 15) is 4.79 Å². The minimum atomic E-state index is -0.0846. The molecule has 6 heteroatoms. The van der Waals surface area contributed by atoms with E-state index < -0.39 is 0 Å². The zero-order chi connectivity index (χ0) is 15.5. The Labute approximate surface area is 136 Å². The van der Waals surface area contributed by atoms with Crippen LogP contribution in [-0.2, 0) is 11.2 Å². The molecule has 0 fully saturated rings. The van der Waals surface area contributed by atoms with Crippen molar-refractivity contribution in [1.82, 2.24) is 9.97 Å². The van der Waals surface area contributed by atoms with E-state index in [0.29, 0.717) is 5.13 Å². The number of nitrogens with zero attached hydrogens (tertiary/aromatic N) is 2. The van der Waals surface area contributed by atoms with Gasteiger partial charge >= 0.3 is 0 Å². The third kappa shape index (κ3) is 3.40. The Morgan fingerprint density at radius 1 is 1.18 bits per heavy atom. The molecule has 0 spiro atoms. The fourth-order valence-corrected chi connectivity index (χ4v) is 3.61. The number of carbonyl (C=O) groups is 1. The molecular weight excluding hydrogens is 314 g/mol. The number of amides is 1. The molecule has 4 nitrogen and oxygen atoms in total. The van der Waals surface area contributed by atoms with E-state index in [0.717, 1.165) is 26.8 Å². The highest BCUT2D eigenvalue weighted by molar-refractivity contribution is 7.15. The van der Waals surface area contributed by atoms with Crippen LogP contribution in [0.15, 0.2) is 35.7 Å². The summed E-state index contributed by atoms with van der Waals surface area (Å²) in [6, 6.07) is 9.98. The second-order valence-corrected chi connectivity index (χ2v) is 6.96. The van der Waals surface area contributed by atoms with Crippen LogP contribution >= 0.6 is 22.7 Å². The molecule has 1 N–H and O–H groups in total. The first-order valence-corrected chi connectivity index (χ1v) is 8.55. The topological polar surface area (TPSA) is 54.9 Å². The molecule has 1 aromatic carbocycles. The van der Waals surface area contributed by atoms with Crippen molar-refractivity contribution in [3.05, 3.63) is 52.0 Å². The predicted molar refractivity (Wildman–Crippen MR) is 91.5 cm³/mol. The van der Waals surface area contributed by atoms with Gasteiger partial charge in [-0.05, 0) is 13.8 Å². The highest BCUT2D eigenvalue weighted by atomic mass is 32.1. The van der Waals surface area contributed by atoms with E-state index >= 15 is 0 Å². The normalized spacial score (nSPS) is 10.6. The Hall–Kier alpha value is -2.05. The quantitative estimate of drug-likeness (QED) is 0.785. The molecule has 3 rings (SSSR count). The summed E-state index contributed by atoms with van der Waals surface area (Å²) in [6.45, 7) is 3.93. The summed E-state index contributed by atoms with van der Waals surface area (Å²) in [5.74, 6) is -0.0846. The van der Waals surface area contributed by atoms with Crippen molar-refractivity contribution in [2.75, 3.05) is 5.32 Å². The molecule has 22 heavy (non-hydrogen) atoms. The lowest BCUT2D eigenvalue weighted by atomic mass is 10.2. The van der Waals surface area contributed by atoms with Gasteiger partial charge in [-0.2, -0.15) is 0 Å². The summed E-state index contributed by atoms with van der Waals surface area (Å²) >= 11 is 3.05. The largest absolute Gasteiger partial charge is 0.302 e. The fraction of sp³-hybridized carbons (Fsp3) is 0.188. The zero-order valence-corrected chi connectivity index (χ0v) is 13.9. The van der Waals surface area contributed by atoms with Gasteiger partial charge in [-0.3, -0.25) is 4.79 Å². The Morgan fingerprint density at radius 2 is 1.95 bits per heavy atom. The molecular formula is C16H15N3OS2. The number of benzene rings is 1. The minimum Gasteiger partial charge on any atom is -0.302 e. The average Bonchev–Trinajstić information content (AvgIpc) is 3.07. The van der Waals surface area contributed by atoms with Gasteiger partial charge in [-0.25, -0.2) is 9.97 Å². The maximum atomic E-state index is 12.1. The number of rotatable bonds is 4. The zero-order valence-electron chi connectivity index (χ0n) is 12.3. The first-order valence-electron chi connectivity index (χ1n) is 6.85. The number of aryl methyl sites for hydroxylation is 2. The van der Waals surface area contributed by atoms with Crippen LogP contribution in [0.25, 0.3) is 10.6 Å². The van der Waals surface area contributed by atoms with E-state index in [1.54, 1.807) is 11.3 Å². The SMILES string of the molecule is Cc1nc(NC(=O)Cc2csc(-c3ccccc3)n2)sc1C. The van der Waals surface area contributed by atoms with Gasteiger partial charge in [0.05, 0.1) is 17.8 Å². The number of aromatic nitrogens is 2. The number of hydrogen-bond acceptors (Lipinski definition) is 5. The smallest absolute Gasteiger partial charge is 0.232 e. The first-order chi connectivity index (χ1) is 10.6. The summed E-state index contributed by atoms with van der Waals surface area (Å²) in [5, 5.41) is 6.35. The second kappa shape index (κ2) is 6.37. The van der Waals surface area contributed by atoms with Crippen LogP contribution in [0, 0.1) is 13.8 Å². The van der Waals surface area contributed by atoms with Crippen molar-refractivity contribution in [2.45, 2.75) is 20.3 Å². The van der Waals surface area contributed by atoms with Crippen LogP contribution in [-0.4, -0.2) is 15.9 Å². The Morgan fingerprint density at radius 3 is 2.64 bits per heavy atom. The standard InChI is InChI=1S/C16H15N3OS2/c1-10-11(2)22-16(17-10)19-14(20)8-13-9-21-15(18-13)12-6-4-3-5-7-12/h3-7,9H,8H2,1-2H3,(H,17,19,20). The molecule has 2 aromatic heterocycles. The summed E-state index contributed by atoms with van der Waals surface area (Å²) in [5.41, 5.74) is 2.82. The highest BCUT2D eigenvalue weighted by Gasteiger charge is 2.11. The molecule has 2 heterocycles.